The zero-order valence-electron chi connectivity index (χ0n) is 10.8. The molecule has 2 aliphatic rings. The monoisotopic (exact) mass is 238 g/mol. The number of hydrogen-bond donors (Lipinski definition) is 2. The van der Waals surface area contributed by atoms with Crippen LogP contribution in [0.5, 0.6) is 0 Å². The maximum absolute atomic E-state index is 12.2. The number of hydrogen-bond acceptors (Lipinski definition) is 2. The number of rotatable bonds is 4. The van der Waals surface area contributed by atoms with Crippen LogP contribution in [0.25, 0.3) is 0 Å². The second-order valence-corrected chi connectivity index (χ2v) is 5.78. The quantitative estimate of drug-likeness (QED) is 0.787. The van der Waals surface area contributed by atoms with Gasteiger partial charge in [0.2, 0.25) is 5.91 Å². The minimum absolute atomic E-state index is 0.190. The van der Waals surface area contributed by atoms with Crippen molar-refractivity contribution in [2.45, 2.75) is 51.4 Å². The summed E-state index contributed by atoms with van der Waals surface area (Å²) in [6.45, 7) is 1.56. The molecule has 17 heavy (non-hydrogen) atoms. The third-order valence-electron chi connectivity index (χ3n) is 4.59. The van der Waals surface area contributed by atoms with Crippen LogP contribution >= 0.6 is 0 Å². The standard InChI is InChI=1S/C14H26N2O/c15-9-12-7-3-4-8-13(12)14(17)16-10-11-5-1-2-6-11/h11-13H,1-10,15H2,(H,16,17). The summed E-state index contributed by atoms with van der Waals surface area (Å²) in [5.41, 5.74) is 5.77. The molecular formula is C14H26N2O. The van der Waals surface area contributed by atoms with Crippen LogP contribution in [0.3, 0.4) is 0 Å². The van der Waals surface area contributed by atoms with Crippen LogP contribution in [-0.4, -0.2) is 19.0 Å². The van der Waals surface area contributed by atoms with Gasteiger partial charge in [-0.3, -0.25) is 4.79 Å². The summed E-state index contributed by atoms with van der Waals surface area (Å²) in [5.74, 6) is 1.62. The van der Waals surface area contributed by atoms with Gasteiger partial charge in [-0.05, 0) is 44.1 Å². The van der Waals surface area contributed by atoms with E-state index < -0.39 is 0 Å². The molecule has 0 saturated heterocycles. The highest BCUT2D eigenvalue weighted by Gasteiger charge is 2.30. The van der Waals surface area contributed by atoms with Crippen LogP contribution in [0.1, 0.15) is 51.4 Å². The molecule has 3 nitrogen and oxygen atoms in total. The van der Waals surface area contributed by atoms with Gasteiger partial charge in [-0.1, -0.05) is 25.7 Å². The van der Waals surface area contributed by atoms with Crippen molar-refractivity contribution in [2.75, 3.05) is 13.1 Å². The summed E-state index contributed by atoms with van der Waals surface area (Å²) in [4.78, 5) is 12.2. The lowest BCUT2D eigenvalue weighted by molar-refractivity contribution is -0.127. The summed E-state index contributed by atoms with van der Waals surface area (Å²) in [5, 5.41) is 3.16. The molecule has 0 radical (unpaired) electrons. The highest BCUT2D eigenvalue weighted by Crippen LogP contribution is 2.30. The fraction of sp³-hybridized carbons (Fsp3) is 0.929. The molecule has 3 heteroatoms. The van der Waals surface area contributed by atoms with Gasteiger partial charge in [-0.2, -0.15) is 0 Å². The molecule has 3 N–H and O–H groups in total. The number of nitrogens with two attached hydrogens (primary N) is 1. The molecule has 2 rings (SSSR count). The third kappa shape index (κ3) is 3.44. The van der Waals surface area contributed by atoms with Gasteiger partial charge in [0.25, 0.3) is 0 Å². The van der Waals surface area contributed by atoms with Gasteiger partial charge < -0.3 is 11.1 Å². The molecule has 2 atom stereocenters. The van der Waals surface area contributed by atoms with Crippen LogP contribution in [0, 0.1) is 17.8 Å². The average molecular weight is 238 g/mol. The SMILES string of the molecule is NCC1CCCCC1C(=O)NCC1CCCC1. The lowest BCUT2D eigenvalue weighted by Crippen LogP contribution is -2.40. The predicted octanol–water partition coefficient (Wildman–Crippen LogP) is 2.06. The molecule has 2 aliphatic carbocycles. The zero-order chi connectivity index (χ0) is 12.1. The van der Waals surface area contributed by atoms with Crippen LogP contribution in [0.15, 0.2) is 0 Å². The Balaban J connectivity index is 1.76. The Bertz CT molecular complexity index is 249. The fourth-order valence-corrected chi connectivity index (χ4v) is 3.43. The summed E-state index contributed by atoms with van der Waals surface area (Å²) < 4.78 is 0. The molecule has 2 fully saturated rings. The molecular weight excluding hydrogens is 212 g/mol. The Kier molecular flexibility index (Phi) is 4.84. The van der Waals surface area contributed by atoms with E-state index in [4.69, 9.17) is 5.73 Å². The normalized spacial score (nSPS) is 30.4. The maximum atomic E-state index is 12.2. The second kappa shape index (κ2) is 6.39. The topological polar surface area (TPSA) is 55.1 Å². The van der Waals surface area contributed by atoms with E-state index in [1.165, 1.54) is 38.5 Å². The fourth-order valence-electron chi connectivity index (χ4n) is 3.43. The molecule has 1 amide bonds. The predicted molar refractivity (Wildman–Crippen MR) is 69.5 cm³/mol. The minimum Gasteiger partial charge on any atom is -0.356 e. The van der Waals surface area contributed by atoms with Crippen molar-refractivity contribution in [3.8, 4) is 0 Å². The van der Waals surface area contributed by atoms with Crippen LogP contribution in [0.4, 0.5) is 0 Å². The molecule has 0 spiro atoms. The molecule has 0 bridgehead atoms. The minimum atomic E-state index is 0.190. The number of nitrogens with one attached hydrogen (secondary N) is 1. The van der Waals surface area contributed by atoms with Crippen LogP contribution in [-0.2, 0) is 4.79 Å². The maximum Gasteiger partial charge on any atom is 0.223 e. The van der Waals surface area contributed by atoms with Gasteiger partial charge in [0.1, 0.15) is 0 Å². The van der Waals surface area contributed by atoms with E-state index in [2.05, 4.69) is 5.32 Å². The van der Waals surface area contributed by atoms with E-state index in [0.717, 1.165) is 25.3 Å². The zero-order valence-corrected chi connectivity index (χ0v) is 10.8. The van der Waals surface area contributed by atoms with Crippen molar-refractivity contribution in [3.05, 3.63) is 0 Å². The summed E-state index contributed by atoms with van der Waals surface area (Å²) >= 11 is 0. The first-order valence-electron chi connectivity index (χ1n) is 7.29. The molecule has 0 heterocycles. The molecule has 0 aromatic heterocycles. The van der Waals surface area contributed by atoms with Gasteiger partial charge in [-0.15, -0.1) is 0 Å². The van der Waals surface area contributed by atoms with Crippen molar-refractivity contribution >= 4 is 5.91 Å². The lowest BCUT2D eigenvalue weighted by Gasteiger charge is -2.29. The van der Waals surface area contributed by atoms with E-state index in [9.17, 15) is 4.79 Å². The summed E-state index contributed by atoms with van der Waals surface area (Å²) in [6, 6.07) is 0. The highest BCUT2D eigenvalue weighted by atomic mass is 16.1. The second-order valence-electron chi connectivity index (χ2n) is 5.78. The van der Waals surface area contributed by atoms with E-state index in [0.29, 0.717) is 12.5 Å². The van der Waals surface area contributed by atoms with Gasteiger partial charge in [0.15, 0.2) is 0 Å². The van der Waals surface area contributed by atoms with Crippen molar-refractivity contribution in [1.29, 1.82) is 0 Å². The van der Waals surface area contributed by atoms with Gasteiger partial charge in [-0.25, -0.2) is 0 Å². The Morgan fingerprint density at radius 3 is 2.41 bits per heavy atom. The molecule has 0 aromatic rings. The van der Waals surface area contributed by atoms with Crippen LogP contribution in [0.2, 0.25) is 0 Å². The molecule has 2 saturated carbocycles. The first kappa shape index (κ1) is 12.9. The average Bonchev–Trinajstić information content (AvgIpc) is 2.89. The van der Waals surface area contributed by atoms with Crippen molar-refractivity contribution in [1.82, 2.24) is 5.32 Å². The third-order valence-corrected chi connectivity index (χ3v) is 4.59. The van der Waals surface area contributed by atoms with E-state index in [1.807, 2.05) is 0 Å². The number of carbonyl (C=O) groups excluding carboxylic acids is 1. The molecule has 0 aromatic carbocycles. The lowest BCUT2D eigenvalue weighted by atomic mass is 9.78. The summed E-state index contributed by atoms with van der Waals surface area (Å²) in [7, 11) is 0. The Morgan fingerprint density at radius 1 is 1.06 bits per heavy atom. The van der Waals surface area contributed by atoms with Crippen LogP contribution < -0.4 is 11.1 Å². The first-order chi connectivity index (χ1) is 8.31. The van der Waals surface area contributed by atoms with Crippen molar-refractivity contribution < 1.29 is 4.79 Å². The Morgan fingerprint density at radius 2 is 1.71 bits per heavy atom. The van der Waals surface area contributed by atoms with Gasteiger partial charge >= 0.3 is 0 Å². The molecule has 2 unspecified atom stereocenters. The highest BCUT2D eigenvalue weighted by molar-refractivity contribution is 5.79. The van der Waals surface area contributed by atoms with E-state index in [1.54, 1.807) is 0 Å². The number of carbonyl (C=O) groups is 1. The number of amides is 1. The van der Waals surface area contributed by atoms with E-state index in [-0.39, 0.29) is 11.8 Å². The Hall–Kier alpha value is -0.570. The van der Waals surface area contributed by atoms with Gasteiger partial charge in [0, 0.05) is 12.5 Å². The first-order valence-corrected chi connectivity index (χ1v) is 7.29. The largest absolute Gasteiger partial charge is 0.356 e. The summed E-state index contributed by atoms with van der Waals surface area (Å²) in [6.07, 6.45) is 9.89. The van der Waals surface area contributed by atoms with Gasteiger partial charge in [0.05, 0.1) is 0 Å². The smallest absolute Gasteiger partial charge is 0.223 e. The van der Waals surface area contributed by atoms with E-state index >= 15 is 0 Å². The van der Waals surface area contributed by atoms with Crippen molar-refractivity contribution in [3.63, 3.8) is 0 Å². The Labute approximate surface area is 105 Å². The van der Waals surface area contributed by atoms with Crippen molar-refractivity contribution in [2.24, 2.45) is 23.5 Å². The molecule has 98 valence electrons. The molecule has 0 aliphatic heterocycles.